The molecule has 4 heterocycles. The van der Waals surface area contributed by atoms with Crippen LogP contribution in [0.4, 0.5) is 11.5 Å². The summed E-state index contributed by atoms with van der Waals surface area (Å²) in [5.41, 5.74) is 2.79. The first-order valence-corrected chi connectivity index (χ1v) is 12.5. The highest BCUT2D eigenvalue weighted by molar-refractivity contribution is 7.90. The lowest BCUT2D eigenvalue weighted by molar-refractivity contribution is 0.419. The van der Waals surface area contributed by atoms with Gasteiger partial charge >= 0.3 is 0 Å². The quantitative estimate of drug-likeness (QED) is 0.564. The van der Waals surface area contributed by atoms with Gasteiger partial charge in [-0.1, -0.05) is 44.2 Å². The molecule has 34 heavy (non-hydrogen) atoms. The van der Waals surface area contributed by atoms with Crippen LogP contribution in [0.15, 0.2) is 72.3 Å². The van der Waals surface area contributed by atoms with E-state index in [1.54, 1.807) is 37.7 Å². The summed E-state index contributed by atoms with van der Waals surface area (Å²) in [7, 11) is -3.76. The molecule has 0 aliphatic carbocycles. The van der Waals surface area contributed by atoms with Crippen molar-refractivity contribution in [1.29, 1.82) is 0 Å². The summed E-state index contributed by atoms with van der Waals surface area (Å²) in [4.78, 5) is 17.5. The van der Waals surface area contributed by atoms with Crippen LogP contribution in [0.1, 0.15) is 32.0 Å². The lowest BCUT2D eigenvalue weighted by atomic mass is 9.92. The van der Waals surface area contributed by atoms with E-state index in [1.807, 2.05) is 50.3 Å². The molecule has 0 amide bonds. The highest BCUT2D eigenvalue weighted by Crippen LogP contribution is 2.36. The second-order valence-corrected chi connectivity index (χ2v) is 11.7. The van der Waals surface area contributed by atoms with Gasteiger partial charge in [0.15, 0.2) is 0 Å². The molecule has 5 rings (SSSR count). The smallest absolute Gasteiger partial charge is 0.227 e. The molecule has 1 atom stereocenters. The number of hydrogen-bond acceptors (Lipinski definition) is 7. The number of benzene rings is 1. The summed E-state index contributed by atoms with van der Waals surface area (Å²) in [6.45, 7) is 6.04. The number of pyridine rings is 1. The lowest BCUT2D eigenvalue weighted by Gasteiger charge is -2.30. The van der Waals surface area contributed by atoms with E-state index in [1.165, 1.54) is 10.6 Å². The maximum atomic E-state index is 13.8. The molecule has 2 aromatic heterocycles. The molecule has 0 spiro atoms. The van der Waals surface area contributed by atoms with Gasteiger partial charge in [-0.3, -0.25) is 9.98 Å². The van der Waals surface area contributed by atoms with Crippen molar-refractivity contribution in [3.63, 3.8) is 0 Å². The second-order valence-electron chi connectivity index (χ2n) is 9.39. The average Bonchev–Trinajstić information content (AvgIpc) is 3.26. The van der Waals surface area contributed by atoms with E-state index < -0.39 is 14.8 Å². The van der Waals surface area contributed by atoms with Crippen molar-refractivity contribution in [1.82, 2.24) is 19.3 Å². The van der Waals surface area contributed by atoms with Crippen LogP contribution in [0.2, 0.25) is 0 Å². The normalized spacial score (nSPS) is 21.9. The van der Waals surface area contributed by atoms with Gasteiger partial charge in [-0.05, 0) is 25.1 Å². The zero-order valence-corrected chi connectivity index (χ0v) is 20.1. The van der Waals surface area contributed by atoms with Crippen LogP contribution in [0.25, 0.3) is 10.9 Å². The molecule has 0 radical (unpaired) electrons. The fourth-order valence-electron chi connectivity index (χ4n) is 4.06. The third kappa shape index (κ3) is 4.01. The number of nitrogens with zero attached hydrogens (tertiary/aromatic N) is 5. The highest BCUT2D eigenvalue weighted by Gasteiger charge is 2.43. The first-order chi connectivity index (χ1) is 16.2. The average molecular weight is 475 g/mol. The van der Waals surface area contributed by atoms with E-state index in [2.05, 4.69) is 25.3 Å². The van der Waals surface area contributed by atoms with Crippen molar-refractivity contribution < 1.29 is 8.42 Å². The van der Waals surface area contributed by atoms with Crippen molar-refractivity contribution in [2.75, 3.05) is 5.32 Å². The van der Waals surface area contributed by atoms with E-state index in [0.717, 1.165) is 22.2 Å². The number of anilines is 2. The van der Waals surface area contributed by atoms with E-state index in [0.29, 0.717) is 11.5 Å². The van der Waals surface area contributed by atoms with Crippen molar-refractivity contribution in [2.24, 2.45) is 10.4 Å². The van der Waals surface area contributed by atoms with Crippen LogP contribution >= 0.6 is 0 Å². The summed E-state index contributed by atoms with van der Waals surface area (Å²) in [6.07, 6.45) is 11.8. The van der Waals surface area contributed by atoms with E-state index in [9.17, 15) is 8.42 Å². The maximum absolute atomic E-state index is 13.8. The molecule has 1 unspecified atom stereocenters. The van der Waals surface area contributed by atoms with Crippen LogP contribution in [0, 0.1) is 5.41 Å². The standard InChI is InChI=1S/C25H26N6O2S/c1-24(2)8-9-25(3,10-11-26-16-24)34(32,33)31-14-20-22(15-31)28-17-29-23(20)30-19-12-18-6-4-5-7-21(18)27-13-19/h4-13,16-17H,14-15H2,1-3H3,(H,28,29,30). The Balaban J connectivity index is 1.44. The van der Waals surface area contributed by atoms with Crippen molar-refractivity contribution in [3.8, 4) is 0 Å². The second kappa shape index (κ2) is 8.11. The molecule has 0 saturated heterocycles. The number of para-hydroxylation sites is 1. The van der Waals surface area contributed by atoms with Gasteiger partial charge in [-0.25, -0.2) is 18.4 Å². The van der Waals surface area contributed by atoms with Crippen LogP contribution < -0.4 is 5.32 Å². The van der Waals surface area contributed by atoms with E-state index in [-0.39, 0.29) is 18.5 Å². The Bertz CT molecular complexity index is 1460. The molecule has 0 bridgehead atoms. The minimum absolute atomic E-state index is 0.186. The van der Waals surface area contributed by atoms with Crippen molar-refractivity contribution in [2.45, 2.75) is 38.6 Å². The van der Waals surface area contributed by atoms with Crippen molar-refractivity contribution in [3.05, 3.63) is 78.5 Å². The SMILES string of the molecule is CC1(C)C=CC(C)(S(=O)(=O)N2Cc3ncnc(Nc4cnc5ccccc5c4)c3C2)C=CN=C1. The first-order valence-electron chi connectivity index (χ1n) is 11.0. The summed E-state index contributed by atoms with van der Waals surface area (Å²) in [6, 6.07) is 9.85. The molecule has 1 N–H and O–H groups in total. The molecule has 2 aliphatic heterocycles. The molecule has 8 nitrogen and oxygen atoms in total. The number of sulfonamides is 1. The van der Waals surface area contributed by atoms with Gasteiger partial charge in [0, 0.05) is 35.3 Å². The van der Waals surface area contributed by atoms with Crippen LogP contribution in [-0.2, 0) is 23.1 Å². The number of rotatable bonds is 4. The summed E-state index contributed by atoms with van der Waals surface area (Å²) >= 11 is 0. The molecule has 0 saturated carbocycles. The van der Waals surface area contributed by atoms with Crippen molar-refractivity contribution >= 4 is 38.6 Å². The zero-order valence-electron chi connectivity index (χ0n) is 19.3. The summed E-state index contributed by atoms with van der Waals surface area (Å²) < 4.78 is 27.8. The monoisotopic (exact) mass is 474 g/mol. The predicted octanol–water partition coefficient (Wildman–Crippen LogP) is 4.35. The van der Waals surface area contributed by atoms with Gasteiger partial charge in [0.1, 0.15) is 16.9 Å². The van der Waals surface area contributed by atoms with Gasteiger partial charge in [-0.2, -0.15) is 4.31 Å². The molecule has 9 heteroatoms. The van der Waals surface area contributed by atoms with Gasteiger partial charge in [0.25, 0.3) is 0 Å². The minimum atomic E-state index is -3.76. The van der Waals surface area contributed by atoms with E-state index in [4.69, 9.17) is 0 Å². The predicted molar refractivity (Wildman–Crippen MR) is 134 cm³/mol. The number of aromatic nitrogens is 3. The van der Waals surface area contributed by atoms with Crippen LogP contribution in [0.5, 0.6) is 0 Å². The molecule has 3 aromatic rings. The number of fused-ring (bicyclic) bond motifs is 2. The Morgan fingerprint density at radius 3 is 2.68 bits per heavy atom. The Labute approximate surface area is 199 Å². The number of hydrogen-bond donors (Lipinski definition) is 1. The fourth-order valence-corrected chi connectivity index (χ4v) is 5.68. The minimum Gasteiger partial charge on any atom is -0.339 e. The number of nitrogens with one attached hydrogen (secondary N) is 1. The Kier molecular flexibility index (Phi) is 5.33. The van der Waals surface area contributed by atoms with Gasteiger partial charge in [0.05, 0.1) is 29.6 Å². The Hall–Kier alpha value is -3.43. The number of allylic oxidation sites excluding steroid dienone is 1. The van der Waals surface area contributed by atoms with Gasteiger partial charge in [-0.15, -0.1) is 0 Å². The summed E-state index contributed by atoms with van der Waals surface area (Å²) in [5.74, 6) is 0.583. The Morgan fingerprint density at radius 2 is 1.82 bits per heavy atom. The van der Waals surface area contributed by atoms with E-state index >= 15 is 0 Å². The third-order valence-corrected chi connectivity index (χ3v) is 8.51. The van der Waals surface area contributed by atoms with Gasteiger partial charge < -0.3 is 5.32 Å². The van der Waals surface area contributed by atoms with Crippen LogP contribution in [0.3, 0.4) is 0 Å². The maximum Gasteiger partial charge on any atom is 0.227 e. The number of aliphatic imine (C=N–C) groups is 1. The van der Waals surface area contributed by atoms with Gasteiger partial charge in [0.2, 0.25) is 10.0 Å². The molecular weight excluding hydrogens is 448 g/mol. The molecule has 2 aliphatic rings. The lowest BCUT2D eigenvalue weighted by Crippen LogP contribution is -2.42. The third-order valence-electron chi connectivity index (χ3n) is 6.19. The topological polar surface area (TPSA) is 100 Å². The summed E-state index contributed by atoms with van der Waals surface area (Å²) in [5, 5.41) is 4.31. The molecular formula is C25H26N6O2S. The fraction of sp³-hybridized carbons (Fsp3) is 0.280. The molecule has 0 fully saturated rings. The largest absolute Gasteiger partial charge is 0.339 e. The van der Waals surface area contributed by atoms with Crippen LogP contribution in [-0.4, -0.2) is 38.6 Å². The highest BCUT2D eigenvalue weighted by atomic mass is 32.2. The molecule has 1 aromatic carbocycles. The Morgan fingerprint density at radius 1 is 1.00 bits per heavy atom. The zero-order chi connectivity index (χ0) is 24.0. The first kappa shape index (κ1) is 22.4. The molecule has 174 valence electrons.